The second kappa shape index (κ2) is 6.17. The van der Waals surface area contributed by atoms with Gasteiger partial charge in [-0.1, -0.05) is 30.3 Å². The summed E-state index contributed by atoms with van der Waals surface area (Å²) in [6.07, 6.45) is -3.99. The molecule has 4 nitrogen and oxygen atoms in total. The van der Waals surface area contributed by atoms with E-state index in [2.05, 4.69) is 0 Å². The van der Waals surface area contributed by atoms with E-state index < -0.39 is 29.0 Å². The normalized spacial score (nSPS) is 27.2. The first-order valence-corrected chi connectivity index (χ1v) is 8.45. The number of nitrogens with one attached hydrogen (secondary N) is 1. The van der Waals surface area contributed by atoms with Gasteiger partial charge in [0.05, 0.1) is 0 Å². The fourth-order valence-corrected chi connectivity index (χ4v) is 4.70. The largest absolute Gasteiger partial charge is 0.402 e. The maximum Gasteiger partial charge on any atom is 0.402 e. The average Bonchev–Trinajstić information content (AvgIpc) is 2.73. The summed E-state index contributed by atoms with van der Waals surface area (Å²) in [6.45, 7) is 1.89. The average molecular weight is 336 g/mol. The third-order valence-electron chi connectivity index (χ3n) is 3.97. The number of benzene rings is 1. The smallest absolute Gasteiger partial charge is 0.195 e. The SMILES string of the molecule is C[C@@H]1C[C@H](c2ccccc2)[C@@H](C)N1S(=O)(=O)NCC(F)(F)F. The molecule has 124 valence electrons. The van der Waals surface area contributed by atoms with E-state index in [1.807, 2.05) is 30.3 Å². The molecule has 8 heteroatoms. The predicted octanol–water partition coefficient (Wildman–Crippen LogP) is 2.65. The fraction of sp³-hybridized carbons (Fsp3) is 0.571. The van der Waals surface area contributed by atoms with Crippen molar-refractivity contribution in [2.45, 2.75) is 44.4 Å². The Balaban J connectivity index is 2.18. The zero-order valence-electron chi connectivity index (χ0n) is 12.3. The van der Waals surface area contributed by atoms with Gasteiger partial charge in [0.15, 0.2) is 0 Å². The minimum Gasteiger partial charge on any atom is -0.195 e. The van der Waals surface area contributed by atoms with Crippen LogP contribution in [0.4, 0.5) is 13.2 Å². The molecule has 0 unspecified atom stereocenters. The number of hydrogen-bond acceptors (Lipinski definition) is 2. The number of nitrogens with zero attached hydrogens (tertiary/aromatic N) is 1. The van der Waals surface area contributed by atoms with Crippen LogP contribution in [0.1, 0.15) is 31.7 Å². The summed E-state index contributed by atoms with van der Waals surface area (Å²) in [4.78, 5) is 0. The van der Waals surface area contributed by atoms with Gasteiger partial charge in [-0.3, -0.25) is 0 Å². The van der Waals surface area contributed by atoms with Gasteiger partial charge in [0, 0.05) is 18.0 Å². The molecule has 0 bridgehead atoms. The molecule has 0 spiro atoms. The van der Waals surface area contributed by atoms with E-state index in [1.54, 1.807) is 18.6 Å². The van der Waals surface area contributed by atoms with Gasteiger partial charge in [0.25, 0.3) is 10.2 Å². The maximum absolute atomic E-state index is 12.3. The molecular weight excluding hydrogens is 317 g/mol. The first kappa shape index (κ1) is 17.2. The van der Waals surface area contributed by atoms with Gasteiger partial charge in [-0.05, 0) is 25.8 Å². The van der Waals surface area contributed by atoms with Gasteiger partial charge in [0.2, 0.25) is 0 Å². The van der Waals surface area contributed by atoms with Crippen molar-refractivity contribution >= 4 is 10.2 Å². The van der Waals surface area contributed by atoms with E-state index in [9.17, 15) is 21.6 Å². The lowest BCUT2D eigenvalue weighted by molar-refractivity contribution is -0.121. The Kier molecular flexibility index (Phi) is 4.84. The predicted molar refractivity (Wildman–Crippen MR) is 77.5 cm³/mol. The van der Waals surface area contributed by atoms with Crippen LogP contribution in [0.25, 0.3) is 0 Å². The molecule has 3 atom stereocenters. The Labute approximate surface area is 128 Å². The number of hydrogen-bond donors (Lipinski definition) is 1. The van der Waals surface area contributed by atoms with Crippen LogP contribution in [0.15, 0.2) is 30.3 Å². The van der Waals surface area contributed by atoms with Gasteiger partial charge in [0.1, 0.15) is 6.54 Å². The zero-order valence-corrected chi connectivity index (χ0v) is 13.2. The monoisotopic (exact) mass is 336 g/mol. The molecule has 0 saturated carbocycles. The summed E-state index contributed by atoms with van der Waals surface area (Å²) in [5.74, 6) is -0.0290. The highest BCUT2D eigenvalue weighted by Gasteiger charge is 2.44. The molecule has 1 saturated heterocycles. The highest BCUT2D eigenvalue weighted by atomic mass is 32.2. The van der Waals surface area contributed by atoms with Crippen LogP contribution in [0.3, 0.4) is 0 Å². The van der Waals surface area contributed by atoms with Crippen molar-refractivity contribution in [2.75, 3.05) is 6.54 Å². The Bertz CT molecular complexity index is 604. The summed E-state index contributed by atoms with van der Waals surface area (Å²) < 4.78 is 64.0. The summed E-state index contributed by atoms with van der Waals surface area (Å²) in [7, 11) is -4.17. The molecule has 1 aromatic rings. The first-order valence-electron chi connectivity index (χ1n) is 7.01. The third kappa shape index (κ3) is 3.80. The summed E-state index contributed by atoms with van der Waals surface area (Å²) in [5, 5.41) is 0. The lowest BCUT2D eigenvalue weighted by Gasteiger charge is -2.27. The van der Waals surface area contributed by atoms with Crippen molar-refractivity contribution in [1.82, 2.24) is 9.03 Å². The molecular formula is C14H19F3N2O2S. The Hall–Kier alpha value is -1.12. The van der Waals surface area contributed by atoms with Crippen LogP contribution in [-0.2, 0) is 10.2 Å². The number of halogens is 3. The zero-order chi connectivity index (χ0) is 16.5. The molecule has 1 aliphatic heterocycles. The van der Waals surface area contributed by atoms with E-state index in [-0.39, 0.29) is 12.0 Å². The van der Waals surface area contributed by atoms with E-state index in [0.29, 0.717) is 6.42 Å². The van der Waals surface area contributed by atoms with Crippen molar-refractivity contribution < 1.29 is 21.6 Å². The van der Waals surface area contributed by atoms with E-state index in [1.165, 1.54) is 0 Å². The van der Waals surface area contributed by atoms with Gasteiger partial charge >= 0.3 is 6.18 Å². The van der Waals surface area contributed by atoms with Crippen molar-refractivity contribution in [2.24, 2.45) is 0 Å². The van der Waals surface area contributed by atoms with Crippen molar-refractivity contribution in [3.63, 3.8) is 0 Å². The number of rotatable bonds is 4. The molecule has 0 amide bonds. The van der Waals surface area contributed by atoms with Crippen LogP contribution in [0.2, 0.25) is 0 Å². The van der Waals surface area contributed by atoms with Gasteiger partial charge in [-0.2, -0.15) is 30.6 Å². The summed E-state index contributed by atoms with van der Waals surface area (Å²) in [6, 6.07) is 8.66. The molecule has 1 heterocycles. The maximum atomic E-state index is 12.3. The van der Waals surface area contributed by atoms with Gasteiger partial charge < -0.3 is 0 Å². The molecule has 1 N–H and O–H groups in total. The fourth-order valence-electron chi connectivity index (χ4n) is 3.07. The van der Waals surface area contributed by atoms with Crippen LogP contribution in [0.5, 0.6) is 0 Å². The molecule has 22 heavy (non-hydrogen) atoms. The topological polar surface area (TPSA) is 49.4 Å². The van der Waals surface area contributed by atoms with Gasteiger partial charge in [-0.15, -0.1) is 0 Å². The highest BCUT2D eigenvalue weighted by Crippen LogP contribution is 2.38. The quantitative estimate of drug-likeness (QED) is 0.919. The van der Waals surface area contributed by atoms with Crippen LogP contribution in [-0.4, -0.2) is 37.5 Å². The second-order valence-electron chi connectivity index (χ2n) is 5.61. The molecule has 1 fully saturated rings. The Morgan fingerprint density at radius 2 is 1.82 bits per heavy atom. The Morgan fingerprint density at radius 1 is 1.23 bits per heavy atom. The summed E-state index contributed by atoms with van der Waals surface area (Å²) in [5.41, 5.74) is 0.996. The standard InChI is InChI=1S/C14H19F3N2O2S/c1-10-8-13(12-6-4-3-5-7-12)11(2)19(10)22(20,21)18-9-14(15,16)17/h3-7,10-11,13,18H,8-9H2,1-2H3/t10-,11-,13+/m1/s1. The van der Waals surface area contributed by atoms with Crippen LogP contribution < -0.4 is 4.72 Å². The van der Waals surface area contributed by atoms with Crippen molar-refractivity contribution in [3.8, 4) is 0 Å². The van der Waals surface area contributed by atoms with E-state index in [0.717, 1.165) is 9.87 Å². The molecule has 2 rings (SSSR count). The minimum absolute atomic E-state index is 0.0290. The lowest BCUT2D eigenvalue weighted by Crippen LogP contribution is -2.48. The Morgan fingerprint density at radius 3 is 2.36 bits per heavy atom. The van der Waals surface area contributed by atoms with E-state index >= 15 is 0 Å². The first-order chi connectivity index (χ1) is 10.1. The molecule has 1 aromatic carbocycles. The highest BCUT2D eigenvalue weighted by molar-refractivity contribution is 7.87. The lowest BCUT2D eigenvalue weighted by atomic mass is 9.92. The van der Waals surface area contributed by atoms with Crippen molar-refractivity contribution in [1.29, 1.82) is 0 Å². The molecule has 0 aliphatic carbocycles. The molecule has 0 aromatic heterocycles. The number of alkyl halides is 3. The molecule has 1 aliphatic rings. The van der Waals surface area contributed by atoms with Crippen molar-refractivity contribution in [3.05, 3.63) is 35.9 Å². The van der Waals surface area contributed by atoms with Crippen LogP contribution in [0, 0.1) is 0 Å². The second-order valence-corrected chi connectivity index (χ2v) is 7.27. The van der Waals surface area contributed by atoms with Crippen LogP contribution >= 0.6 is 0 Å². The van der Waals surface area contributed by atoms with E-state index in [4.69, 9.17) is 0 Å². The summed E-state index contributed by atoms with van der Waals surface area (Å²) >= 11 is 0. The minimum atomic E-state index is -4.57. The van der Waals surface area contributed by atoms with Gasteiger partial charge in [-0.25, -0.2) is 0 Å². The molecule has 0 radical (unpaired) electrons. The third-order valence-corrected chi connectivity index (χ3v) is 5.73.